The molecular formula is C10H16N2O2. The maximum Gasteiger partial charge on any atom is 0.220 e. The Morgan fingerprint density at radius 1 is 1.57 bits per heavy atom. The van der Waals surface area contributed by atoms with Crippen LogP contribution in [0.1, 0.15) is 19.3 Å². The van der Waals surface area contributed by atoms with Gasteiger partial charge in [-0.05, 0) is 12.8 Å². The normalized spacial score (nSPS) is 25.1. The monoisotopic (exact) mass is 196 g/mol. The van der Waals surface area contributed by atoms with Gasteiger partial charge in [0.05, 0.1) is 0 Å². The van der Waals surface area contributed by atoms with E-state index in [1.165, 1.54) is 0 Å². The van der Waals surface area contributed by atoms with Crippen LogP contribution in [0.2, 0.25) is 0 Å². The van der Waals surface area contributed by atoms with E-state index in [1.807, 2.05) is 19.0 Å². The molecule has 0 radical (unpaired) electrons. The van der Waals surface area contributed by atoms with Crippen LogP contribution in [0.5, 0.6) is 0 Å². The zero-order valence-corrected chi connectivity index (χ0v) is 8.62. The highest BCUT2D eigenvalue weighted by atomic mass is 16.1. The predicted octanol–water partition coefficient (Wildman–Crippen LogP) is 0.286. The Bertz CT molecular complexity index is 282. The smallest absolute Gasteiger partial charge is 0.220 e. The van der Waals surface area contributed by atoms with Gasteiger partial charge in [0.15, 0.2) is 5.78 Å². The van der Waals surface area contributed by atoms with Gasteiger partial charge in [-0.25, -0.2) is 0 Å². The molecule has 1 atom stereocenters. The van der Waals surface area contributed by atoms with E-state index in [0.29, 0.717) is 24.8 Å². The summed E-state index contributed by atoms with van der Waals surface area (Å²) < 4.78 is 0. The summed E-state index contributed by atoms with van der Waals surface area (Å²) in [5, 5.41) is 0. The molecule has 4 heteroatoms. The lowest BCUT2D eigenvalue weighted by molar-refractivity contribution is -0.124. The summed E-state index contributed by atoms with van der Waals surface area (Å²) in [6.07, 6.45) is 3.30. The summed E-state index contributed by atoms with van der Waals surface area (Å²) in [5.74, 6) is -0.336. The molecule has 4 nitrogen and oxygen atoms in total. The molecular weight excluding hydrogens is 180 g/mol. The number of primary amides is 1. The Balaban J connectivity index is 2.74. The molecule has 0 aliphatic heterocycles. The Morgan fingerprint density at radius 2 is 2.21 bits per heavy atom. The average molecular weight is 196 g/mol. The predicted molar refractivity (Wildman–Crippen MR) is 53.3 cm³/mol. The Labute approximate surface area is 83.8 Å². The lowest BCUT2D eigenvalue weighted by atomic mass is 9.84. The topological polar surface area (TPSA) is 63.4 Å². The van der Waals surface area contributed by atoms with Crippen molar-refractivity contribution >= 4 is 11.7 Å². The second-order valence-electron chi connectivity index (χ2n) is 3.88. The van der Waals surface area contributed by atoms with E-state index in [2.05, 4.69) is 0 Å². The van der Waals surface area contributed by atoms with E-state index in [9.17, 15) is 9.59 Å². The number of amides is 1. The highest BCUT2D eigenvalue weighted by Gasteiger charge is 2.26. The van der Waals surface area contributed by atoms with Crippen LogP contribution in [0.4, 0.5) is 0 Å². The summed E-state index contributed by atoms with van der Waals surface area (Å²) in [7, 11) is 3.71. The van der Waals surface area contributed by atoms with Crippen LogP contribution in [0, 0.1) is 5.92 Å². The first-order valence-electron chi connectivity index (χ1n) is 4.70. The second-order valence-corrected chi connectivity index (χ2v) is 3.88. The highest BCUT2D eigenvalue weighted by Crippen LogP contribution is 2.25. The van der Waals surface area contributed by atoms with Gasteiger partial charge in [-0.3, -0.25) is 9.59 Å². The fourth-order valence-electron chi connectivity index (χ4n) is 1.63. The van der Waals surface area contributed by atoms with E-state index < -0.39 is 0 Å². The van der Waals surface area contributed by atoms with Crippen molar-refractivity contribution in [3.63, 3.8) is 0 Å². The fraction of sp³-hybridized carbons (Fsp3) is 0.600. The third-order valence-electron chi connectivity index (χ3n) is 2.36. The number of nitrogens with two attached hydrogens (primary N) is 1. The van der Waals surface area contributed by atoms with Gasteiger partial charge in [-0.2, -0.15) is 0 Å². The Hall–Kier alpha value is -1.32. The van der Waals surface area contributed by atoms with Gasteiger partial charge in [0.2, 0.25) is 5.91 Å². The quantitative estimate of drug-likeness (QED) is 0.645. The number of carbonyl (C=O) groups is 2. The van der Waals surface area contributed by atoms with Gasteiger partial charge in [0, 0.05) is 38.2 Å². The molecule has 0 heterocycles. The molecule has 1 fully saturated rings. The summed E-state index contributed by atoms with van der Waals surface area (Å²) in [6.45, 7) is 0. The largest absolute Gasteiger partial charge is 0.383 e. The highest BCUT2D eigenvalue weighted by molar-refractivity contribution is 5.97. The van der Waals surface area contributed by atoms with Crippen molar-refractivity contribution in [2.45, 2.75) is 19.3 Å². The first-order valence-corrected chi connectivity index (χ1v) is 4.70. The number of carbonyl (C=O) groups excluding carboxylic acids is 2. The van der Waals surface area contributed by atoms with Crippen molar-refractivity contribution in [2.24, 2.45) is 11.7 Å². The van der Waals surface area contributed by atoms with Crippen LogP contribution >= 0.6 is 0 Å². The standard InChI is InChI=1S/C10H16N2O2/c1-12(2)6-8-5-7(10(11)14)3-4-9(8)13/h6-7H,3-5H2,1-2H3,(H2,11,14). The zero-order valence-electron chi connectivity index (χ0n) is 8.62. The number of hydrogen-bond donors (Lipinski definition) is 1. The van der Waals surface area contributed by atoms with Crippen LogP contribution in [-0.4, -0.2) is 30.7 Å². The molecule has 1 rings (SSSR count). The molecule has 0 spiro atoms. The molecule has 0 saturated heterocycles. The van der Waals surface area contributed by atoms with Crippen molar-refractivity contribution in [3.8, 4) is 0 Å². The van der Waals surface area contributed by atoms with Gasteiger partial charge < -0.3 is 10.6 Å². The first kappa shape index (κ1) is 10.8. The van der Waals surface area contributed by atoms with Crippen molar-refractivity contribution in [3.05, 3.63) is 11.8 Å². The van der Waals surface area contributed by atoms with E-state index in [1.54, 1.807) is 6.20 Å². The first-order chi connectivity index (χ1) is 6.50. The van der Waals surface area contributed by atoms with Gasteiger partial charge in [-0.15, -0.1) is 0 Å². The van der Waals surface area contributed by atoms with E-state index in [0.717, 1.165) is 0 Å². The molecule has 1 unspecified atom stereocenters. The molecule has 0 aromatic heterocycles. The van der Waals surface area contributed by atoms with Crippen molar-refractivity contribution in [2.75, 3.05) is 14.1 Å². The fourth-order valence-corrected chi connectivity index (χ4v) is 1.63. The van der Waals surface area contributed by atoms with Crippen LogP contribution in [0.25, 0.3) is 0 Å². The van der Waals surface area contributed by atoms with E-state index >= 15 is 0 Å². The van der Waals surface area contributed by atoms with Crippen molar-refractivity contribution in [1.29, 1.82) is 0 Å². The average Bonchev–Trinajstić information content (AvgIpc) is 2.07. The molecule has 0 aromatic carbocycles. The van der Waals surface area contributed by atoms with Gasteiger partial charge in [0.25, 0.3) is 0 Å². The molecule has 2 N–H and O–H groups in total. The minimum atomic E-state index is -0.304. The number of nitrogens with zero attached hydrogens (tertiary/aromatic N) is 1. The van der Waals surface area contributed by atoms with Crippen molar-refractivity contribution in [1.82, 2.24) is 4.90 Å². The summed E-state index contributed by atoms with van der Waals surface area (Å²) in [6, 6.07) is 0. The van der Waals surface area contributed by atoms with Gasteiger partial charge in [-0.1, -0.05) is 0 Å². The molecule has 1 aliphatic carbocycles. The van der Waals surface area contributed by atoms with E-state index in [-0.39, 0.29) is 17.6 Å². The molecule has 1 amide bonds. The zero-order chi connectivity index (χ0) is 10.7. The second kappa shape index (κ2) is 4.26. The minimum absolute atomic E-state index is 0.135. The van der Waals surface area contributed by atoms with Crippen LogP contribution in [-0.2, 0) is 9.59 Å². The third-order valence-corrected chi connectivity index (χ3v) is 2.36. The van der Waals surface area contributed by atoms with E-state index in [4.69, 9.17) is 5.73 Å². The maximum atomic E-state index is 11.5. The SMILES string of the molecule is CN(C)C=C1CC(C(N)=O)CCC1=O. The van der Waals surface area contributed by atoms with Crippen LogP contribution < -0.4 is 5.73 Å². The molecule has 1 aliphatic rings. The Morgan fingerprint density at radius 3 is 2.71 bits per heavy atom. The van der Waals surface area contributed by atoms with Crippen LogP contribution in [0.3, 0.4) is 0 Å². The number of rotatable bonds is 2. The maximum absolute atomic E-state index is 11.5. The third kappa shape index (κ3) is 2.58. The van der Waals surface area contributed by atoms with Crippen LogP contribution in [0.15, 0.2) is 11.8 Å². The molecule has 14 heavy (non-hydrogen) atoms. The number of Topliss-reactive ketones (excluding diaryl/α,β-unsaturated/α-hetero) is 1. The van der Waals surface area contributed by atoms with Crippen molar-refractivity contribution < 1.29 is 9.59 Å². The number of hydrogen-bond acceptors (Lipinski definition) is 3. The number of ketones is 1. The summed E-state index contributed by atoms with van der Waals surface area (Å²) >= 11 is 0. The minimum Gasteiger partial charge on any atom is -0.383 e. The Kier molecular flexibility index (Phi) is 3.28. The lowest BCUT2D eigenvalue weighted by Gasteiger charge is -2.21. The summed E-state index contributed by atoms with van der Waals surface area (Å²) in [5.41, 5.74) is 5.93. The molecule has 0 bridgehead atoms. The lowest BCUT2D eigenvalue weighted by Crippen LogP contribution is -2.29. The molecule has 1 saturated carbocycles. The molecule has 0 aromatic rings. The van der Waals surface area contributed by atoms with Gasteiger partial charge >= 0.3 is 0 Å². The summed E-state index contributed by atoms with van der Waals surface area (Å²) in [4.78, 5) is 24.2. The number of allylic oxidation sites excluding steroid dienone is 1. The van der Waals surface area contributed by atoms with Gasteiger partial charge in [0.1, 0.15) is 0 Å². The molecule has 78 valence electrons.